The van der Waals surface area contributed by atoms with Crippen molar-refractivity contribution in [3.63, 3.8) is 0 Å². The second-order valence-corrected chi connectivity index (χ2v) is 2.14. The summed E-state index contributed by atoms with van der Waals surface area (Å²) in [7, 11) is 0. The average molecular weight is 113 g/mol. The van der Waals surface area contributed by atoms with Crippen LogP contribution in [0.5, 0.6) is 0 Å². The van der Waals surface area contributed by atoms with E-state index in [0.717, 1.165) is 19.4 Å². The molecule has 0 bridgehead atoms. The molecule has 1 rings (SSSR count). The molecule has 1 aliphatic heterocycles. The molecule has 0 aromatic rings. The number of rotatable bonds is 1. The average Bonchev–Trinajstić information content (AvgIpc) is 2.12. The Morgan fingerprint density at radius 3 is 2.75 bits per heavy atom. The van der Waals surface area contributed by atoms with Crippen molar-refractivity contribution in [2.75, 3.05) is 6.54 Å². The van der Waals surface area contributed by atoms with Gasteiger partial charge in [-0.1, -0.05) is 6.58 Å². The Labute approximate surface area is 49.2 Å². The highest BCUT2D eigenvalue weighted by Crippen LogP contribution is 2.09. The molecule has 0 aromatic carbocycles. The van der Waals surface area contributed by atoms with Gasteiger partial charge in [0.15, 0.2) is 0 Å². The molecule has 2 N–H and O–H groups in total. The molecule has 0 amide bonds. The highest BCUT2D eigenvalue weighted by atomic mass is 16.3. The van der Waals surface area contributed by atoms with Crippen LogP contribution in [0.3, 0.4) is 0 Å². The van der Waals surface area contributed by atoms with Gasteiger partial charge in [-0.3, -0.25) is 0 Å². The monoisotopic (exact) mass is 113 g/mol. The highest BCUT2D eigenvalue weighted by Gasteiger charge is 2.15. The van der Waals surface area contributed by atoms with E-state index in [0.29, 0.717) is 0 Å². The number of hydrogen-bond donors (Lipinski definition) is 2. The van der Waals surface area contributed by atoms with Crippen LogP contribution in [-0.2, 0) is 0 Å². The third-order valence-electron chi connectivity index (χ3n) is 1.46. The van der Waals surface area contributed by atoms with Gasteiger partial charge in [-0.05, 0) is 19.4 Å². The van der Waals surface area contributed by atoms with Crippen LogP contribution in [0.15, 0.2) is 12.3 Å². The van der Waals surface area contributed by atoms with E-state index in [1.54, 1.807) is 0 Å². The molecule has 0 aliphatic carbocycles. The van der Waals surface area contributed by atoms with Gasteiger partial charge in [-0.15, -0.1) is 0 Å². The Balaban J connectivity index is 2.35. The van der Waals surface area contributed by atoms with Crippen molar-refractivity contribution in [2.45, 2.75) is 18.9 Å². The van der Waals surface area contributed by atoms with E-state index in [-0.39, 0.29) is 11.8 Å². The zero-order valence-electron chi connectivity index (χ0n) is 4.85. The second kappa shape index (κ2) is 2.18. The van der Waals surface area contributed by atoms with Gasteiger partial charge in [-0.25, -0.2) is 0 Å². The molecule has 1 heterocycles. The fourth-order valence-electron chi connectivity index (χ4n) is 0.969. The molecule has 1 atom stereocenters. The highest BCUT2D eigenvalue weighted by molar-refractivity contribution is 4.97. The van der Waals surface area contributed by atoms with Gasteiger partial charge in [0.2, 0.25) is 0 Å². The molecule has 1 saturated heterocycles. The number of aliphatic hydroxyl groups excluding tert-OH is 1. The van der Waals surface area contributed by atoms with E-state index in [2.05, 4.69) is 11.9 Å². The fourth-order valence-corrected chi connectivity index (χ4v) is 0.969. The largest absolute Gasteiger partial charge is 0.511 e. The van der Waals surface area contributed by atoms with Crippen LogP contribution in [0.25, 0.3) is 0 Å². The molecule has 1 unspecified atom stereocenters. The van der Waals surface area contributed by atoms with Gasteiger partial charge in [0.1, 0.15) is 5.76 Å². The first-order valence-corrected chi connectivity index (χ1v) is 2.92. The molecule has 0 radical (unpaired) electrons. The van der Waals surface area contributed by atoms with Gasteiger partial charge in [-0.2, -0.15) is 0 Å². The molecule has 1 aliphatic rings. The van der Waals surface area contributed by atoms with Crippen LogP contribution in [0, 0.1) is 0 Å². The smallest absolute Gasteiger partial charge is 0.102 e. The third-order valence-corrected chi connectivity index (χ3v) is 1.46. The summed E-state index contributed by atoms with van der Waals surface area (Å²) < 4.78 is 0. The van der Waals surface area contributed by atoms with Crippen molar-refractivity contribution in [1.29, 1.82) is 0 Å². The van der Waals surface area contributed by atoms with E-state index >= 15 is 0 Å². The lowest BCUT2D eigenvalue weighted by Gasteiger charge is -2.05. The van der Waals surface area contributed by atoms with Crippen LogP contribution in [0.1, 0.15) is 12.8 Å². The Morgan fingerprint density at radius 2 is 2.50 bits per heavy atom. The van der Waals surface area contributed by atoms with Gasteiger partial charge in [0, 0.05) is 0 Å². The summed E-state index contributed by atoms with van der Waals surface area (Å²) in [6, 6.07) is 0.176. The first-order valence-electron chi connectivity index (χ1n) is 2.92. The molecule has 1 fully saturated rings. The summed E-state index contributed by atoms with van der Waals surface area (Å²) in [4.78, 5) is 0. The summed E-state index contributed by atoms with van der Waals surface area (Å²) in [5, 5.41) is 11.9. The first-order chi connectivity index (χ1) is 3.80. The van der Waals surface area contributed by atoms with Crippen molar-refractivity contribution < 1.29 is 5.11 Å². The van der Waals surface area contributed by atoms with Crippen molar-refractivity contribution in [3.8, 4) is 0 Å². The van der Waals surface area contributed by atoms with Crippen LogP contribution in [0.4, 0.5) is 0 Å². The van der Waals surface area contributed by atoms with Gasteiger partial charge < -0.3 is 10.4 Å². The Hall–Kier alpha value is -0.500. The number of aliphatic hydroxyl groups is 1. The van der Waals surface area contributed by atoms with Gasteiger partial charge in [0.05, 0.1) is 6.04 Å². The third kappa shape index (κ3) is 1.01. The lowest BCUT2D eigenvalue weighted by atomic mass is 10.2. The predicted octanol–water partition coefficient (Wildman–Crippen LogP) is 0.810. The maximum absolute atomic E-state index is 8.80. The van der Waals surface area contributed by atoms with Crippen LogP contribution in [-0.4, -0.2) is 17.7 Å². The Morgan fingerprint density at radius 1 is 1.75 bits per heavy atom. The summed E-state index contributed by atoms with van der Waals surface area (Å²) in [5.74, 6) is 0.280. The van der Waals surface area contributed by atoms with E-state index in [4.69, 9.17) is 5.11 Å². The maximum atomic E-state index is 8.80. The minimum absolute atomic E-state index is 0.176. The molecule has 2 heteroatoms. The number of hydrogen-bond acceptors (Lipinski definition) is 2. The Bertz CT molecular complexity index is 94.7. The van der Waals surface area contributed by atoms with E-state index in [1.165, 1.54) is 0 Å². The summed E-state index contributed by atoms with van der Waals surface area (Å²) in [6.45, 7) is 4.45. The van der Waals surface area contributed by atoms with Crippen molar-refractivity contribution >= 4 is 0 Å². The fraction of sp³-hybridized carbons (Fsp3) is 0.667. The first kappa shape index (κ1) is 5.63. The molecule has 0 aromatic heterocycles. The van der Waals surface area contributed by atoms with Crippen molar-refractivity contribution in [2.24, 2.45) is 0 Å². The molecule has 2 nitrogen and oxygen atoms in total. The zero-order valence-corrected chi connectivity index (χ0v) is 4.85. The lowest BCUT2D eigenvalue weighted by Crippen LogP contribution is -2.22. The molecule has 0 spiro atoms. The van der Waals surface area contributed by atoms with Crippen LogP contribution < -0.4 is 5.32 Å². The van der Waals surface area contributed by atoms with Gasteiger partial charge >= 0.3 is 0 Å². The summed E-state index contributed by atoms with van der Waals surface area (Å²) in [5.41, 5.74) is 0. The minimum Gasteiger partial charge on any atom is -0.511 e. The second-order valence-electron chi connectivity index (χ2n) is 2.14. The zero-order chi connectivity index (χ0) is 5.98. The quantitative estimate of drug-likeness (QED) is 0.493. The van der Waals surface area contributed by atoms with E-state index in [9.17, 15) is 0 Å². The van der Waals surface area contributed by atoms with Crippen LogP contribution >= 0.6 is 0 Å². The normalized spacial score (nSPS) is 28.2. The molecule has 0 saturated carbocycles. The maximum Gasteiger partial charge on any atom is 0.102 e. The molecular weight excluding hydrogens is 102 g/mol. The topological polar surface area (TPSA) is 32.3 Å². The Kier molecular flexibility index (Phi) is 1.53. The SMILES string of the molecule is C=C(O)C1CCCN1. The predicted molar refractivity (Wildman–Crippen MR) is 32.8 cm³/mol. The van der Waals surface area contributed by atoms with Crippen molar-refractivity contribution in [1.82, 2.24) is 5.32 Å². The summed E-state index contributed by atoms with van der Waals surface area (Å²) >= 11 is 0. The number of nitrogens with one attached hydrogen (secondary N) is 1. The standard InChI is InChI=1S/C6H11NO/c1-5(8)6-3-2-4-7-6/h6-8H,1-4H2. The van der Waals surface area contributed by atoms with E-state index in [1.807, 2.05) is 0 Å². The molecule has 46 valence electrons. The minimum atomic E-state index is 0.176. The summed E-state index contributed by atoms with van der Waals surface area (Å²) in [6.07, 6.45) is 2.19. The lowest BCUT2D eigenvalue weighted by molar-refractivity contribution is 0.357. The molecule has 8 heavy (non-hydrogen) atoms. The van der Waals surface area contributed by atoms with Crippen molar-refractivity contribution in [3.05, 3.63) is 12.3 Å². The van der Waals surface area contributed by atoms with Gasteiger partial charge in [0.25, 0.3) is 0 Å². The molecular formula is C6H11NO. The van der Waals surface area contributed by atoms with Crippen LogP contribution in [0.2, 0.25) is 0 Å². The van der Waals surface area contributed by atoms with E-state index < -0.39 is 0 Å².